The Morgan fingerprint density at radius 2 is 1.82 bits per heavy atom. The van der Waals surface area contributed by atoms with Gasteiger partial charge < -0.3 is 5.32 Å². The lowest BCUT2D eigenvalue weighted by Crippen LogP contribution is -2.48. The Kier molecular flexibility index (Phi) is 6.52. The van der Waals surface area contributed by atoms with Crippen LogP contribution in [0.25, 0.3) is 0 Å². The lowest BCUT2D eigenvalue weighted by molar-refractivity contribution is -0.124. The minimum absolute atomic E-state index is 0.0164. The largest absolute Gasteiger partial charge is 0.352 e. The normalized spacial score (nSPS) is 18.7. The first-order valence-corrected chi connectivity index (χ1v) is 11.2. The smallest absolute Gasteiger partial charge is 0.243 e. The molecule has 2 aromatic rings. The van der Waals surface area contributed by atoms with Crippen molar-refractivity contribution in [1.82, 2.24) is 9.62 Å². The predicted molar refractivity (Wildman–Crippen MR) is 110 cm³/mol. The summed E-state index contributed by atoms with van der Waals surface area (Å²) in [5.74, 6) is -0.200. The number of hydrogen-bond acceptors (Lipinski definition) is 3. The van der Waals surface area contributed by atoms with Gasteiger partial charge >= 0.3 is 0 Å². The first kappa shape index (κ1) is 20.6. The number of aryl methyl sites for hydroxylation is 2. The zero-order chi connectivity index (χ0) is 20.1. The molecule has 2 unspecified atom stereocenters. The van der Waals surface area contributed by atoms with E-state index in [1.54, 1.807) is 24.3 Å². The summed E-state index contributed by atoms with van der Waals surface area (Å²) in [4.78, 5) is 13.0. The average molecular weight is 401 g/mol. The minimum Gasteiger partial charge on any atom is -0.352 e. The molecule has 0 aromatic heterocycles. The van der Waals surface area contributed by atoms with Crippen molar-refractivity contribution in [2.75, 3.05) is 6.54 Å². The van der Waals surface area contributed by atoms with Crippen molar-refractivity contribution in [2.45, 2.75) is 56.5 Å². The van der Waals surface area contributed by atoms with E-state index in [1.165, 1.54) is 9.87 Å². The van der Waals surface area contributed by atoms with Gasteiger partial charge in [0.25, 0.3) is 0 Å². The Balaban J connectivity index is 1.63. The molecule has 1 amide bonds. The Morgan fingerprint density at radius 1 is 1.14 bits per heavy atom. The summed E-state index contributed by atoms with van der Waals surface area (Å²) in [6.07, 6.45) is 2.94. The molecule has 1 saturated heterocycles. The summed E-state index contributed by atoms with van der Waals surface area (Å²) in [7, 11) is -3.67. The van der Waals surface area contributed by atoms with Crippen LogP contribution in [0.1, 0.15) is 37.3 Å². The number of carbonyl (C=O) groups is 1. The van der Waals surface area contributed by atoms with E-state index in [2.05, 4.69) is 17.4 Å². The van der Waals surface area contributed by atoms with Gasteiger partial charge in [0.15, 0.2) is 0 Å². The van der Waals surface area contributed by atoms with Crippen LogP contribution < -0.4 is 5.32 Å². The molecule has 1 fully saturated rings. The zero-order valence-electron chi connectivity index (χ0n) is 16.5. The predicted octanol–water partition coefficient (Wildman–Crippen LogP) is 3.29. The molecule has 1 N–H and O–H groups in total. The second-order valence-electron chi connectivity index (χ2n) is 7.52. The van der Waals surface area contributed by atoms with Crippen molar-refractivity contribution in [1.29, 1.82) is 0 Å². The van der Waals surface area contributed by atoms with E-state index in [0.29, 0.717) is 19.4 Å². The zero-order valence-corrected chi connectivity index (χ0v) is 17.3. The van der Waals surface area contributed by atoms with Crippen molar-refractivity contribution >= 4 is 15.9 Å². The highest BCUT2D eigenvalue weighted by molar-refractivity contribution is 7.89. The molecule has 0 bridgehead atoms. The van der Waals surface area contributed by atoms with Gasteiger partial charge in [0.05, 0.1) is 4.90 Å². The molecular weight excluding hydrogens is 372 g/mol. The van der Waals surface area contributed by atoms with Crippen LogP contribution in [0.3, 0.4) is 0 Å². The van der Waals surface area contributed by atoms with Gasteiger partial charge in [-0.15, -0.1) is 0 Å². The highest BCUT2D eigenvalue weighted by Gasteiger charge is 2.39. The van der Waals surface area contributed by atoms with Crippen LogP contribution in [0.15, 0.2) is 59.5 Å². The van der Waals surface area contributed by atoms with E-state index in [9.17, 15) is 13.2 Å². The highest BCUT2D eigenvalue weighted by atomic mass is 32.2. The van der Waals surface area contributed by atoms with Crippen LogP contribution in [0.2, 0.25) is 0 Å². The number of hydrogen-bond donors (Lipinski definition) is 1. The van der Waals surface area contributed by atoms with Crippen LogP contribution >= 0.6 is 0 Å². The molecule has 5 nitrogen and oxygen atoms in total. The number of benzene rings is 2. The average Bonchev–Trinajstić information content (AvgIpc) is 3.18. The molecule has 0 aliphatic carbocycles. The molecule has 3 rings (SSSR count). The van der Waals surface area contributed by atoms with E-state index in [-0.39, 0.29) is 16.8 Å². The fourth-order valence-electron chi connectivity index (χ4n) is 3.57. The first-order chi connectivity index (χ1) is 13.4. The SMILES string of the molecule is Cc1ccc(S(=O)(=O)N2CCCC2C(=O)NC(C)CCc2ccccc2)cc1. The maximum absolute atomic E-state index is 13.0. The third-order valence-corrected chi connectivity index (χ3v) is 7.15. The van der Waals surface area contributed by atoms with Crippen molar-refractivity contribution < 1.29 is 13.2 Å². The number of rotatable bonds is 7. The highest BCUT2D eigenvalue weighted by Crippen LogP contribution is 2.26. The fourth-order valence-corrected chi connectivity index (χ4v) is 5.23. The molecular formula is C22H28N2O3S. The van der Waals surface area contributed by atoms with E-state index in [1.807, 2.05) is 32.0 Å². The Hall–Kier alpha value is -2.18. The number of carbonyl (C=O) groups excluding carboxylic acids is 1. The van der Waals surface area contributed by atoms with Gasteiger partial charge in [-0.05, 0) is 57.2 Å². The number of amides is 1. The van der Waals surface area contributed by atoms with E-state index in [4.69, 9.17) is 0 Å². The van der Waals surface area contributed by atoms with Crippen molar-refractivity contribution in [3.8, 4) is 0 Å². The van der Waals surface area contributed by atoms with Gasteiger partial charge in [-0.3, -0.25) is 4.79 Å². The van der Waals surface area contributed by atoms with Crippen LogP contribution in [0.5, 0.6) is 0 Å². The van der Waals surface area contributed by atoms with Gasteiger partial charge in [0.1, 0.15) is 6.04 Å². The third-order valence-electron chi connectivity index (χ3n) is 5.23. The van der Waals surface area contributed by atoms with Crippen LogP contribution in [0, 0.1) is 6.92 Å². The lowest BCUT2D eigenvalue weighted by Gasteiger charge is -2.25. The molecule has 2 atom stereocenters. The maximum atomic E-state index is 13.0. The second kappa shape index (κ2) is 8.88. The van der Waals surface area contributed by atoms with E-state index in [0.717, 1.165) is 18.4 Å². The molecule has 0 spiro atoms. The van der Waals surface area contributed by atoms with Gasteiger partial charge in [-0.2, -0.15) is 4.31 Å². The van der Waals surface area contributed by atoms with Crippen LogP contribution in [-0.2, 0) is 21.2 Å². The van der Waals surface area contributed by atoms with Crippen LogP contribution in [0.4, 0.5) is 0 Å². The second-order valence-corrected chi connectivity index (χ2v) is 9.41. The quantitative estimate of drug-likeness (QED) is 0.776. The first-order valence-electron chi connectivity index (χ1n) is 9.81. The monoisotopic (exact) mass is 400 g/mol. The summed E-state index contributed by atoms with van der Waals surface area (Å²) in [6, 6.07) is 16.3. The van der Waals surface area contributed by atoms with Gasteiger partial charge in [0, 0.05) is 12.6 Å². The standard InChI is InChI=1S/C22H28N2O3S/c1-17-10-14-20(15-11-17)28(26,27)24-16-6-9-21(24)22(25)23-18(2)12-13-19-7-4-3-5-8-19/h3-5,7-8,10-11,14-15,18,21H,6,9,12-13,16H2,1-2H3,(H,23,25). The molecule has 28 heavy (non-hydrogen) atoms. The molecule has 1 heterocycles. The summed E-state index contributed by atoms with van der Waals surface area (Å²) in [5, 5.41) is 3.01. The number of nitrogens with one attached hydrogen (secondary N) is 1. The van der Waals surface area contributed by atoms with Crippen LogP contribution in [-0.4, -0.2) is 37.3 Å². The van der Waals surface area contributed by atoms with Crippen molar-refractivity contribution in [3.05, 3.63) is 65.7 Å². The summed E-state index contributed by atoms with van der Waals surface area (Å²) in [5.41, 5.74) is 2.23. The van der Waals surface area contributed by atoms with Gasteiger partial charge in [0.2, 0.25) is 15.9 Å². The summed E-state index contributed by atoms with van der Waals surface area (Å²) >= 11 is 0. The number of sulfonamides is 1. The van der Waals surface area contributed by atoms with E-state index >= 15 is 0 Å². The van der Waals surface area contributed by atoms with Gasteiger partial charge in [-0.1, -0.05) is 48.0 Å². The summed E-state index contributed by atoms with van der Waals surface area (Å²) in [6.45, 7) is 4.26. The number of nitrogens with zero attached hydrogens (tertiary/aromatic N) is 1. The molecule has 1 aliphatic rings. The lowest BCUT2D eigenvalue weighted by atomic mass is 10.1. The Morgan fingerprint density at radius 3 is 2.50 bits per heavy atom. The summed E-state index contributed by atoms with van der Waals surface area (Å²) < 4.78 is 27.4. The molecule has 150 valence electrons. The molecule has 1 aliphatic heterocycles. The Bertz CT molecular complexity index is 895. The molecule has 6 heteroatoms. The van der Waals surface area contributed by atoms with E-state index < -0.39 is 16.1 Å². The molecule has 2 aromatic carbocycles. The van der Waals surface area contributed by atoms with Crippen molar-refractivity contribution in [3.63, 3.8) is 0 Å². The molecule has 0 radical (unpaired) electrons. The maximum Gasteiger partial charge on any atom is 0.243 e. The third kappa shape index (κ3) is 4.80. The van der Waals surface area contributed by atoms with Crippen molar-refractivity contribution in [2.24, 2.45) is 0 Å². The molecule has 0 saturated carbocycles. The topological polar surface area (TPSA) is 66.5 Å². The minimum atomic E-state index is -3.67. The fraction of sp³-hybridized carbons (Fsp3) is 0.409. The Labute approximate surface area is 167 Å². The van der Waals surface area contributed by atoms with Gasteiger partial charge in [-0.25, -0.2) is 8.42 Å².